The third-order valence-electron chi connectivity index (χ3n) is 2.13. The minimum Gasteiger partial charge on any atom is -0.356 e. The number of anilines is 1. The third-order valence-corrected chi connectivity index (χ3v) is 3.81. The molecule has 0 spiro atoms. The lowest BCUT2D eigenvalue weighted by Gasteiger charge is -2.18. The first-order chi connectivity index (χ1) is 8.92. The van der Waals surface area contributed by atoms with E-state index in [0.29, 0.717) is 5.75 Å². The van der Waals surface area contributed by atoms with E-state index < -0.39 is 0 Å². The van der Waals surface area contributed by atoms with Crippen LogP contribution in [-0.4, -0.2) is 14.9 Å². The molecule has 1 aromatic carbocycles. The fraction of sp³-hybridized carbons (Fsp3) is 0.385. The lowest BCUT2D eigenvalue weighted by molar-refractivity contribution is 0.626. The van der Waals surface area contributed by atoms with E-state index >= 15 is 0 Å². The molecule has 0 saturated carbocycles. The zero-order chi connectivity index (χ0) is 13.9. The van der Waals surface area contributed by atoms with Crippen LogP contribution in [0.15, 0.2) is 29.2 Å². The van der Waals surface area contributed by atoms with Crippen LogP contribution in [0.25, 0.3) is 0 Å². The van der Waals surface area contributed by atoms with Crippen molar-refractivity contribution < 1.29 is 4.39 Å². The molecule has 0 atom stereocenters. The highest BCUT2D eigenvalue weighted by molar-refractivity contribution is 7.98. The smallest absolute Gasteiger partial charge is 0.203 e. The normalized spacial score (nSPS) is 11.6. The summed E-state index contributed by atoms with van der Waals surface area (Å²) in [5.74, 6) is 1.27. The van der Waals surface area contributed by atoms with Crippen molar-refractivity contribution >= 4 is 28.4 Å². The Morgan fingerprint density at radius 2 is 1.95 bits per heavy atom. The minimum absolute atomic E-state index is 0.0130. The van der Waals surface area contributed by atoms with E-state index in [1.54, 1.807) is 23.9 Å². The molecule has 0 radical (unpaired) electrons. The standard InChI is InChI=1S/C13H16FN3S2/c1-13(2,3)16-12-15-11(17-19-12)8-18-10-6-4-9(14)5-7-10/h4-7H,8H2,1-3H3,(H,15,16,17). The molecule has 1 heterocycles. The number of halogens is 1. The van der Waals surface area contributed by atoms with Gasteiger partial charge in [0.15, 0.2) is 5.82 Å². The quantitative estimate of drug-likeness (QED) is 0.859. The number of hydrogen-bond acceptors (Lipinski definition) is 5. The van der Waals surface area contributed by atoms with E-state index in [9.17, 15) is 4.39 Å². The predicted molar refractivity (Wildman–Crippen MR) is 79.2 cm³/mol. The molecule has 2 rings (SSSR count). The molecule has 0 fully saturated rings. The van der Waals surface area contributed by atoms with Crippen molar-refractivity contribution in [2.24, 2.45) is 0 Å². The maximum absolute atomic E-state index is 12.8. The number of aromatic nitrogens is 2. The third kappa shape index (κ3) is 4.80. The Morgan fingerprint density at radius 3 is 2.58 bits per heavy atom. The summed E-state index contributed by atoms with van der Waals surface area (Å²) >= 11 is 2.97. The van der Waals surface area contributed by atoms with Crippen LogP contribution < -0.4 is 5.32 Å². The van der Waals surface area contributed by atoms with Crippen LogP contribution in [0, 0.1) is 5.82 Å². The second kappa shape index (κ2) is 5.88. The highest BCUT2D eigenvalue weighted by Gasteiger charge is 2.12. The molecule has 6 heteroatoms. The number of rotatable bonds is 4. The van der Waals surface area contributed by atoms with Gasteiger partial charge in [0.2, 0.25) is 5.13 Å². The Morgan fingerprint density at radius 1 is 1.26 bits per heavy atom. The van der Waals surface area contributed by atoms with Gasteiger partial charge >= 0.3 is 0 Å². The Labute approximate surface area is 120 Å². The summed E-state index contributed by atoms with van der Waals surface area (Å²) in [7, 11) is 0. The zero-order valence-electron chi connectivity index (χ0n) is 11.1. The molecule has 2 aromatic rings. The first-order valence-electron chi connectivity index (χ1n) is 5.91. The molecular weight excluding hydrogens is 281 g/mol. The van der Waals surface area contributed by atoms with E-state index in [2.05, 4.69) is 35.4 Å². The number of hydrogen-bond donors (Lipinski definition) is 1. The van der Waals surface area contributed by atoms with Crippen molar-refractivity contribution in [1.82, 2.24) is 9.36 Å². The van der Waals surface area contributed by atoms with Crippen LogP contribution in [0.3, 0.4) is 0 Å². The van der Waals surface area contributed by atoms with Crippen LogP contribution in [0.2, 0.25) is 0 Å². The first-order valence-corrected chi connectivity index (χ1v) is 7.67. The first kappa shape index (κ1) is 14.3. The Kier molecular flexibility index (Phi) is 4.42. The van der Waals surface area contributed by atoms with Crippen LogP contribution in [0.5, 0.6) is 0 Å². The van der Waals surface area contributed by atoms with E-state index in [1.807, 2.05) is 0 Å². The highest BCUT2D eigenvalue weighted by atomic mass is 32.2. The largest absolute Gasteiger partial charge is 0.356 e. The molecule has 19 heavy (non-hydrogen) atoms. The van der Waals surface area contributed by atoms with Crippen molar-refractivity contribution in [1.29, 1.82) is 0 Å². The lowest BCUT2D eigenvalue weighted by Crippen LogP contribution is -2.25. The summed E-state index contributed by atoms with van der Waals surface area (Å²) in [5.41, 5.74) is -0.0130. The second-order valence-corrected chi connectivity index (χ2v) is 6.93. The highest BCUT2D eigenvalue weighted by Crippen LogP contribution is 2.24. The van der Waals surface area contributed by atoms with E-state index in [0.717, 1.165) is 15.9 Å². The molecular formula is C13H16FN3S2. The second-order valence-electron chi connectivity index (χ2n) is 5.13. The minimum atomic E-state index is -0.215. The van der Waals surface area contributed by atoms with Gasteiger partial charge in [-0.2, -0.15) is 4.37 Å². The molecule has 1 aromatic heterocycles. The molecule has 0 saturated heterocycles. The molecule has 0 unspecified atom stereocenters. The van der Waals surface area contributed by atoms with Gasteiger partial charge in [-0.15, -0.1) is 11.8 Å². The molecule has 102 valence electrons. The topological polar surface area (TPSA) is 37.8 Å². The van der Waals surface area contributed by atoms with Crippen LogP contribution in [-0.2, 0) is 5.75 Å². The maximum atomic E-state index is 12.8. The summed E-state index contributed by atoms with van der Waals surface area (Å²) in [6.45, 7) is 6.25. The van der Waals surface area contributed by atoms with Gasteiger partial charge in [-0.05, 0) is 45.0 Å². The van der Waals surface area contributed by atoms with Crippen LogP contribution in [0.1, 0.15) is 26.6 Å². The summed E-state index contributed by atoms with van der Waals surface area (Å²) < 4.78 is 17.1. The van der Waals surface area contributed by atoms with Gasteiger partial charge in [0.05, 0.1) is 5.75 Å². The number of benzene rings is 1. The number of nitrogens with one attached hydrogen (secondary N) is 1. The summed E-state index contributed by atoms with van der Waals surface area (Å²) in [4.78, 5) is 5.44. The Balaban J connectivity index is 1.91. The summed E-state index contributed by atoms with van der Waals surface area (Å²) in [6, 6.07) is 6.45. The zero-order valence-corrected chi connectivity index (χ0v) is 12.7. The fourth-order valence-corrected chi connectivity index (χ4v) is 2.99. The average Bonchev–Trinajstić information content (AvgIpc) is 2.73. The van der Waals surface area contributed by atoms with Crippen LogP contribution in [0.4, 0.5) is 9.52 Å². The van der Waals surface area contributed by atoms with Gasteiger partial charge in [-0.1, -0.05) is 0 Å². The SMILES string of the molecule is CC(C)(C)Nc1nc(CSc2ccc(F)cc2)ns1. The van der Waals surface area contributed by atoms with E-state index in [-0.39, 0.29) is 11.4 Å². The monoisotopic (exact) mass is 297 g/mol. The van der Waals surface area contributed by atoms with Gasteiger partial charge in [0.25, 0.3) is 0 Å². The predicted octanol–water partition coefficient (Wildman–Crippen LogP) is 4.18. The van der Waals surface area contributed by atoms with Gasteiger partial charge in [0.1, 0.15) is 5.82 Å². The van der Waals surface area contributed by atoms with Crippen molar-refractivity contribution in [3.63, 3.8) is 0 Å². The van der Waals surface area contributed by atoms with Gasteiger partial charge in [-0.3, -0.25) is 0 Å². The van der Waals surface area contributed by atoms with Crippen LogP contribution >= 0.6 is 23.3 Å². The molecule has 1 N–H and O–H groups in total. The van der Waals surface area contributed by atoms with Gasteiger partial charge in [-0.25, -0.2) is 9.37 Å². The molecule has 0 aliphatic carbocycles. The van der Waals surface area contributed by atoms with Crippen molar-refractivity contribution in [3.05, 3.63) is 35.9 Å². The molecule has 0 aliphatic rings. The fourth-order valence-electron chi connectivity index (χ4n) is 1.36. The summed E-state index contributed by atoms with van der Waals surface area (Å²) in [5, 5.41) is 4.13. The summed E-state index contributed by atoms with van der Waals surface area (Å²) in [6.07, 6.45) is 0. The number of nitrogens with zero attached hydrogens (tertiary/aromatic N) is 2. The molecule has 0 amide bonds. The van der Waals surface area contributed by atoms with Crippen molar-refractivity contribution in [2.75, 3.05) is 5.32 Å². The lowest BCUT2D eigenvalue weighted by atomic mass is 10.1. The molecule has 0 bridgehead atoms. The van der Waals surface area contributed by atoms with E-state index in [4.69, 9.17) is 0 Å². The number of thioether (sulfide) groups is 1. The molecule has 0 aliphatic heterocycles. The maximum Gasteiger partial charge on any atom is 0.203 e. The van der Waals surface area contributed by atoms with Crippen molar-refractivity contribution in [2.45, 2.75) is 37.0 Å². The average molecular weight is 297 g/mol. The molecule has 3 nitrogen and oxygen atoms in total. The van der Waals surface area contributed by atoms with E-state index in [1.165, 1.54) is 23.7 Å². The van der Waals surface area contributed by atoms with Gasteiger partial charge in [0, 0.05) is 22.0 Å². The Bertz CT molecular complexity index is 532. The Hall–Kier alpha value is -1.14. The van der Waals surface area contributed by atoms with Crippen molar-refractivity contribution in [3.8, 4) is 0 Å². The van der Waals surface area contributed by atoms with Gasteiger partial charge < -0.3 is 5.32 Å².